The van der Waals surface area contributed by atoms with Gasteiger partial charge in [-0.2, -0.15) is 0 Å². The number of aryl methyl sites for hydroxylation is 1. The van der Waals surface area contributed by atoms with Crippen molar-refractivity contribution in [1.29, 1.82) is 0 Å². The number of methoxy groups -OCH3 is 1. The number of rotatable bonds is 9. The van der Waals surface area contributed by atoms with E-state index in [1.54, 1.807) is 13.3 Å². The van der Waals surface area contributed by atoms with Crippen LogP contribution < -0.4 is 4.74 Å². The van der Waals surface area contributed by atoms with Gasteiger partial charge in [0.15, 0.2) is 0 Å². The van der Waals surface area contributed by atoms with Gasteiger partial charge in [-0.15, -0.1) is 11.6 Å². The zero-order chi connectivity index (χ0) is 13.2. The lowest BCUT2D eigenvalue weighted by molar-refractivity contribution is 0.0804. The van der Waals surface area contributed by atoms with Crippen molar-refractivity contribution in [1.82, 2.24) is 4.98 Å². The second kappa shape index (κ2) is 9.14. The molecule has 4 nitrogen and oxygen atoms in total. The van der Waals surface area contributed by atoms with Crippen LogP contribution in [0.4, 0.5) is 0 Å². The van der Waals surface area contributed by atoms with E-state index < -0.39 is 0 Å². The molecule has 0 spiro atoms. The first-order valence-corrected chi connectivity index (χ1v) is 6.52. The summed E-state index contributed by atoms with van der Waals surface area (Å²) in [6.45, 7) is 4.41. The van der Waals surface area contributed by atoms with Crippen molar-refractivity contribution in [2.75, 3.05) is 33.5 Å². The van der Waals surface area contributed by atoms with Crippen molar-refractivity contribution >= 4 is 11.6 Å². The van der Waals surface area contributed by atoms with Crippen LogP contribution in [-0.4, -0.2) is 38.5 Å². The van der Waals surface area contributed by atoms with Crippen LogP contribution in [-0.2, 0) is 15.4 Å². The molecule has 0 aliphatic rings. The van der Waals surface area contributed by atoms with Crippen LogP contribution >= 0.6 is 11.6 Å². The molecule has 1 rings (SSSR count). The highest BCUT2D eigenvalue weighted by molar-refractivity contribution is 6.17. The lowest BCUT2D eigenvalue weighted by Gasteiger charge is -2.10. The maximum Gasteiger partial charge on any atom is 0.127 e. The number of hydrogen-bond donors (Lipinski definition) is 0. The van der Waals surface area contributed by atoms with E-state index in [0.29, 0.717) is 25.7 Å². The van der Waals surface area contributed by atoms with E-state index in [2.05, 4.69) is 4.98 Å². The fourth-order valence-electron chi connectivity index (χ4n) is 1.42. The number of halogens is 1. The topological polar surface area (TPSA) is 40.6 Å². The van der Waals surface area contributed by atoms with Gasteiger partial charge in [-0.1, -0.05) is 0 Å². The van der Waals surface area contributed by atoms with E-state index in [1.165, 1.54) is 0 Å². The van der Waals surface area contributed by atoms with E-state index in [-0.39, 0.29) is 0 Å². The van der Waals surface area contributed by atoms with Crippen molar-refractivity contribution < 1.29 is 14.2 Å². The van der Waals surface area contributed by atoms with E-state index in [0.717, 1.165) is 30.0 Å². The van der Waals surface area contributed by atoms with Crippen LogP contribution in [0.5, 0.6) is 5.75 Å². The van der Waals surface area contributed by atoms with Gasteiger partial charge in [0.1, 0.15) is 12.4 Å². The molecule has 18 heavy (non-hydrogen) atoms. The molecule has 0 bridgehead atoms. The van der Waals surface area contributed by atoms with Gasteiger partial charge in [0.25, 0.3) is 0 Å². The lowest BCUT2D eigenvalue weighted by Crippen LogP contribution is -2.09. The van der Waals surface area contributed by atoms with Crippen LogP contribution in [0.1, 0.15) is 17.7 Å². The average Bonchev–Trinajstić information content (AvgIpc) is 2.38. The van der Waals surface area contributed by atoms with Crippen LogP contribution in [0.3, 0.4) is 0 Å². The van der Waals surface area contributed by atoms with Gasteiger partial charge in [0.2, 0.25) is 0 Å². The first kappa shape index (κ1) is 15.2. The van der Waals surface area contributed by atoms with Crippen molar-refractivity contribution in [3.05, 3.63) is 23.5 Å². The predicted octanol–water partition coefficient (Wildman–Crippen LogP) is 2.56. The van der Waals surface area contributed by atoms with Gasteiger partial charge >= 0.3 is 0 Å². The molecule has 0 unspecified atom stereocenters. The summed E-state index contributed by atoms with van der Waals surface area (Å²) in [5.41, 5.74) is 1.82. The van der Waals surface area contributed by atoms with E-state index >= 15 is 0 Å². The quantitative estimate of drug-likeness (QED) is 0.512. The third-order valence-corrected chi connectivity index (χ3v) is 2.63. The monoisotopic (exact) mass is 273 g/mol. The van der Waals surface area contributed by atoms with Crippen molar-refractivity contribution in [3.8, 4) is 5.75 Å². The number of ether oxygens (including phenoxy) is 3. The third kappa shape index (κ3) is 5.67. The minimum atomic E-state index is 0.400. The third-order valence-electron chi connectivity index (χ3n) is 2.35. The molecule has 0 radical (unpaired) electrons. The highest BCUT2D eigenvalue weighted by Crippen LogP contribution is 2.20. The number of aromatic nitrogens is 1. The second-order valence-electron chi connectivity index (χ2n) is 3.87. The normalized spacial score (nSPS) is 10.6. The summed E-state index contributed by atoms with van der Waals surface area (Å²) in [5.74, 6) is 1.19. The molecule has 0 atom stereocenters. The van der Waals surface area contributed by atoms with Gasteiger partial charge in [-0.3, -0.25) is 4.98 Å². The van der Waals surface area contributed by atoms with Crippen LogP contribution in [0.15, 0.2) is 12.3 Å². The summed E-state index contributed by atoms with van der Waals surface area (Å²) in [6, 6.07) is 1.89. The minimum absolute atomic E-state index is 0.400. The Hall–Kier alpha value is -0.840. The average molecular weight is 274 g/mol. The van der Waals surface area contributed by atoms with E-state index in [1.807, 2.05) is 13.0 Å². The molecule has 0 aromatic carbocycles. The number of hydrogen-bond acceptors (Lipinski definition) is 4. The van der Waals surface area contributed by atoms with Gasteiger partial charge in [0.05, 0.1) is 12.5 Å². The Bertz CT molecular complexity index is 347. The number of nitrogens with zero attached hydrogens (tertiary/aromatic N) is 1. The molecule has 1 heterocycles. The Morgan fingerprint density at radius 1 is 1.22 bits per heavy atom. The predicted molar refractivity (Wildman–Crippen MR) is 71.3 cm³/mol. The Labute approximate surface area is 113 Å². The fraction of sp³-hybridized carbons (Fsp3) is 0.615. The number of pyridine rings is 1. The molecular formula is C13H20ClNO3. The molecule has 0 aliphatic carbocycles. The number of alkyl halides is 1. The molecule has 0 N–H and O–H groups in total. The largest absolute Gasteiger partial charge is 0.491 e. The van der Waals surface area contributed by atoms with Crippen molar-refractivity contribution in [2.24, 2.45) is 0 Å². The molecule has 0 amide bonds. The maximum atomic E-state index is 5.82. The molecule has 0 aliphatic heterocycles. The van der Waals surface area contributed by atoms with E-state index in [9.17, 15) is 0 Å². The molecule has 0 fully saturated rings. The Morgan fingerprint density at radius 2 is 2.06 bits per heavy atom. The van der Waals surface area contributed by atoms with Gasteiger partial charge < -0.3 is 14.2 Å². The summed E-state index contributed by atoms with van der Waals surface area (Å²) >= 11 is 5.82. The van der Waals surface area contributed by atoms with Crippen LogP contribution in [0, 0.1) is 6.92 Å². The van der Waals surface area contributed by atoms with Crippen molar-refractivity contribution in [3.63, 3.8) is 0 Å². The molecule has 1 aromatic heterocycles. The van der Waals surface area contributed by atoms with Gasteiger partial charge in [-0.05, 0) is 13.3 Å². The SMILES string of the molecule is COCCCOCCOc1cc(C)ncc1CCl. The molecule has 5 heteroatoms. The lowest BCUT2D eigenvalue weighted by atomic mass is 10.2. The van der Waals surface area contributed by atoms with Crippen LogP contribution in [0.2, 0.25) is 0 Å². The van der Waals surface area contributed by atoms with Gasteiger partial charge in [-0.25, -0.2) is 0 Å². The minimum Gasteiger partial charge on any atom is -0.491 e. The summed E-state index contributed by atoms with van der Waals surface area (Å²) in [7, 11) is 1.68. The smallest absolute Gasteiger partial charge is 0.127 e. The summed E-state index contributed by atoms with van der Waals surface area (Å²) in [4.78, 5) is 4.18. The fourth-order valence-corrected chi connectivity index (χ4v) is 1.62. The highest BCUT2D eigenvalue weighted by atomic mass is 35.5. The first-order valence-electron chi connectivity index (χ1n) is 5.99. The summed E-state index contributed by atoms with van der Waals surface area (Å²) in [5, 5.41) is 0. The first-order chi connectivity index (χ1) is 8.77. The molecule has 102 valence electrons. The Balaban J connectivity index is 2.24. The zero-order valence-corrected chi connectivity index (χ0v) is 11.7. The maximum absolute atomic E-state index is 5.82. The Kier molecular flexibility index (Phi) is 7.73. The van der Waals surface area contributed by atoms with Crippen molar-refractivity contribution in [2.45, 2.75) is 19.2 Å². The molecular weight excluding hydrogens is 254 g/mol. The molecule has 0 saturated carbocycles. The highest BCUT2D eigenvalue weighted by Gasteiger charge is 2.03. The zero-order valence-electron chi connectivity index (χ0n) is 10.9. The van der Waals surface area contributed by atoms with Gasteiger partial charge in [0, 0.05) is 43.8 Å². The molecule has 1 aromatic rings. The van der Waals surface area contributed by atoms with E-state index in [4.69, 9.17) is 25.8 Å². The molecule has 0 saturated heterocycles. The Morgan fingerprint density at radius 3 is 2.78 bits per heavy atom. The second-order valence-corrected chi connectivity index (χ2v) is 4.14. The standard InChI is InChI=1S/C13H20ClNO3/c1-11-8-13(12(9-14)10-15-11)18-7-6-17-5-3-4-16-2/h8,10H,3-7,9H2,1-2H3. The van der Waals surface area contributed by atoms with Crippen LogP contribution in [0.25, 0.3) is 0 Å². The summed E-state index contributed by atoms with van der Waals surface area (Å²) < 4.78 is 16.0. The summed E-state index contributed by atoms with van der Waals surface area (Å²) in [6.07, 6.45) is 2.65.